The van der Waals surface area contributed by atoms with Crippen LogP contribution in [0.3, 0.4) is 0 Å². The van der Waals surface area contributed by atoms with Crippen molar-refractivity contribution in [3.05, 3.63) is 58.7 Å². The average Bonchev–Trinajstić information content (AvgIpc) is 2.48. The quantitative estimate of drug-likeness (QED) is 0.725. The van der Waals surface area contributed by atoms with Gasteiger partial charge in [-0.15, -0.1) is 0 Å². The first-order chi connectivity index (χ1) is 10.4. The summed E-state index contributed by atoms with van der Waals surface area (Å²) in [5, 5.41) is 12.1. The van der Waals surface area contributed by atoms with Gasteiger partial charge in [-0.25, -0.2) is 0 Å². The highest BCUT2D eigenvalue weighted by atomic mass is 16.3. The summed E-state index contributed by atoms with van der Waals surface area (Å²) in [7, 11) is 0. The summed E-state index contributed by atoms with van der Waals surface area (Å²) < 4.78 is 0. The third kappa shape index (κ3) is 3.38. The van der Waals surface area contributed by atoms with Gasteiger partial charge in [0.1, 0.15) is 0 Å². The fourth-order valence-electron chi connectivity index (χ4n) is 2.57. The maximum Gasteiger partial charge on any atom is 0.0699 e. The largest absolute Gasteiger partial charge is 0.872 e. The van der Waals surface area contributed by atoms with Crippen LogP contribution in [0.4, 0.5) is 5.69 Å². The van der Waals surface area contributed by atoms with E-state index in [4.69, 9.17) is 4.99 Å². The van der Waals surface area contributed by atoms with Gasteiger partial charge in [0.05, 0.1) is 5.69 Å². The van der Waals surface area contributed by atoms with Crippen LogP contribution in [-0.2, 0) is 0 Å². The van der Waals surface area contributed by atoms with Crippen LogP contribution in [0.15, 0.2) is 41.4 Å². The van der Waals surface area contributed by atoms with Crippen molar-refractivity contribution in [1.29, 1.82) is 0 Å². The van der Waals surface area contributed by atoms with Gasteiger partial charge in [0.15, 0.2) is 0 Å². The molecule has 0 heterocycles. The normalized spacial score (nSPS) is 11.8. The Morgan fingerprint density at radius 3 is 2.00 bits per heavy atom. The Morgan fingerprint density at radius 2 is 1.45 bits per heavy atom. The van der Waals surface area contributed by atoms with Crippen molar-refractivity contribution in [2.45, 2.75) is 46.5 Å². The second-order valence-corrected chi connectivity index (χ2v) is 6.35. The lowest BCUT2D eigenvalue weighted by Crippen LogP contribution is -1.99. The molecule has 2 nitrogen and oxygen atoms in total. The molecule has 0 N–H and O–H groups in total. The standard InChI is InChI=1S/C20H25NO/c1-13(2)17-10-7-11-18(14(3)4)19(17)21-12-16-9-6-8-15(5)20(16)22/h6-14,22H,1-5H3/p-1. The lowest BCUT2D eigenvalue weighted by molar-refractivity contribution is -0.269. The second kappa shape index (κ2) is 6.78. The molecule has 0 atom stereocenters. The van der Waals surface area contributed by atoms with Crippen molar-refractivity contribution in [3.8, 4) is 5.75 Å². The topological polar surface area (TPSA) is 35.4 Å². The highest BCUT2D eigenvalue weighted by molar-refractivity contribution is 5.86. The van der Waals surface area contributed by atoms with Gasteiger partial charge in [0.2, 0.25) is 0 Å². The molecule has 0 spiro atoms. The maximum absolute atomic E-state index is 12.1. The average molecular weight is 294 g/mol. The fourth-order valence-corrected chi connectivity index (χ4v) is 2.57. The summed E-state index contributed by atoms with van der Waals surface area (Å²) in [6.07, 6.45) is 1.71. The molecule has 0 unspecified atom stereocenters. The SMILES string of the molecule is Cc1cccc(C=Nc2c(C(C)C)cccc2C(C)C)c1[O-]. The summed E-state index contributed by atoms with van der Waals surface area (Å²) in [5.74, 6) is 0.851. The van der Waals surface area contributed by atoms with E-state index < -0.39 is 0 Å². The summed E-state index contributed by atoms with van der Waals surface area (Å²) in [4.78, 5) is 4.70. The molecular weight excluding hydrogens is 270 g/mol. The van der Waals surface area contributed by atoms with Crippen molar-refractivity contribution in [2.24, 2.45) is 4.99 Å². The monoisotopic (exact) mass is 294 g/mol. The van der Waals surface area contributed by atoms with Crippen molar-refractivity contribution in [3.63, 3.8) is 0 Å². The molecule has 22 heavy (non-hydrogen) atoms. The lowest BCUT2D eigenvalue weighted by Gasteiger charge is -2.17. The fraction of sp³-hybridized carbons (Fsp3) is 0.350. The first-order valence-electron chi connectivity index (χ1n) is 7.85. The zero-order valence-electron chi connectivity index (χ0n) is 14.1. The van der Waals surface area contributed by atoms with Crippen molar-refractivity contribution < 1.29 is 5.11 Å². The van der Waals surface area contributed by atoms with Crippen LogP contribution < -0.4 is 5.11 Å². The van der Waals surface area contributed by atoms with Crippen molar-refractivity contribution >= 4 is 11.9 Å². The first kappa shape index (κ1) is 16.3. The van der Waals surface area contributed by atoms with Gasteiger partial charge < -0.3 is 5.11 Å². The molecular formula is C20H24NO-. The number of aliphatic imine (C=N–C) groups is 1. The highest BCUT2D eigenvalue weighted by Gasteiger charge is 2.12. The highest BCUT2D eigenvalue weighted by Crippen LogP contribution is 2.34. The minimum Gasteiger partial charge on any atom is -0.872 e. The predicted octanol–water partition coefficient (Wildman–Crippen LogP) is 5.07. The number of hydrogen-bond acceptors (Lipinski definition) is 2. The van der Waals surface area contributed by atoms with Gasteiger partial charge in [-0.05, 0) is 35.4 Å². The Bertz CT molecular complexity index is 658. The molecule has 2 rings (SSSR count). The smallest absolute Gasteiger partial charge is 0.0699 e. The molecule has 116 valence electrons. The molecule has 0 aliphatic heterocycles. The third-order valence-electron chi connectivity index (χ3n) is 3.92. The zero-order valence-corrected chi connectivity index (χ0v) is 14.1. The molecule has 0 bridgehead atoms. The van der Waals surface area contributed by atoms with E-state index in [0.29, 0.717) is 17.4 Å². The van der Waals surface area contributed by atoms with Gasteiger partial charge in [0.25, 0.3) is 0 Å². The Balaban J connectivity index is 2.52. The molecule has 0 amide bonds. The van der Waals surface area contributed by atoms with E-state index in [1.807, 2.05) is 25.1 Å². The lowest BCUT2D eigenvalue weighted by atomic mass is 9.93. The number of nitrogens with zero attached hydrogens (tertiary/aromatic N) is 1. The van der Waals surface area contributed by atoms with Gasteiger partial charge in [-0.2, -0.15) is 0 Å². The van der Waals surface area contributed by atoms with Crippen molar-refractivity contribution in [1.82, 2.24) is 0 Å². The number of rotatable bonds is 4. The Labute approximate surface area is 133 Å². The van der Waals surface area contributed by atoms with Gasteiger partial charge >= 0.3 is 0 Å². The number of para-hydroxylation sites is 2. The molecule has 0 saturated heterocycles. The number of aryl methyl sites for hydroxylation is 1. The Hall–Kier alpha value is -2.09. The van der Waals surface area contributed by atoms with Crippen LogP contribution in [0.2, 0.25) is 0 Å². The first-order valence-corrected chi connectivity index (χ1v) is 7.85. The van der Waals surface area contributed by atoms with E-state index in [1.54, 1.807) is 6.21 Å². The van der Waals surface area contributed by atoms with E-state index in [1.165, 1.54) is 11.1 Å². The van der Waals surface area contributed by atoms with Crippen LogP contribution in [0, 0.1) is 6.92 Å². The summed E-state index contributed by atoms with van der Waals surface area (Å²) in [5.41, 5.74) is 4.86. The van der Waals surface area contributed by atoms with Crippen LogP contribution in [0.5, 0.6) is 5.75 Å². The Kier molecular flexibility index (Phi) is 5.02. The van der Waals surface area contributed by atoms with Crippen molar-refractivity contribution in [2.75, 3.05) is 0 Å². The van der Waals surface area contributed by atoms with Gasteiger partial charge in [-0.3, -0.25) is 4.99 Å². The Morgan fingerprint density at radius 1 is 0.909 bits per heavy atom. The molecule has 0 radical (unpaired) electrons. The minimum absolute atomic E-state index is 0.0550. The third-order valence-corrected chi connectivity index (χ3v) is 3.92. The molecule has 2 aromatic rings. The molecule has 0 saturated carbocycles. The van der Waals surface area contributed by atoms with Gasteiger partial charge in [-0.1, -0.05) is 75.4 Å². The molecule has 0 aromatic heterocycles. The molecule has 2 heteroatoms. The molecule has 2 aromatic carbocycles. The van der Waals surface area contributed by atoms with Crippen LogP contribution in [0.25, 0.3) is 0 Å². The zero-order chi connectivity index (χ0) is 16.3. The minimum atomic E-state index is 0.0550. The van der Waals surface area contributed by atoms with Crippen LogP contribution >= 0.6 is 0 Å². The van der Waals surface area contributed by atoms with E-state index in [2.05, 4.69) is 45.9 Å². The van der Waals surface area contributed by atoms with E-state index in [9.17, 15) is 5.11 Å². The van der Waals surface area contributed by atoms with E-state index >= 15 is 0 Å². The van der Waals surface area contributed by atoms with Crippen LogP contribution in [-0.4, -0.2) is 6.21 Å². The summed E-state index contributed by atoms with van der Waals surface area (Å²) in [6, 6.07) is 11.9. The predicted molar refractivity (Wildman–Crippen MR) is 92.5 cm³/mol. The second-order valence-electron chi connectivity index (χ2n) is 6.35. The number of benzene rings is 2. The van der Waals surface area contributed by atoms with E-state index in [0.717, 1.165) is 11.3 Å². The van der Waals surface area contributed by atoms with Crippen LogP contribution in [0.1, 0.15) is 61.8 Å². The van der Waals surface area contributed by atoms with E-state index in [-0.39, 0.29) is 5.75 Å². The molecule has 0 fully saturated rings. The summed E-state index contributed by atoms with van der Waals surface area (Å²) >= 11 is 0. The van der Waals surface area contributed by atoms with Gasteiger partial charge in [0, 0.05) is 6.21 Å². The molecule has 0 aliphatic rings. The summed E-state index contributed by atoms with van der Waals surface area (Å²) in [6.45, 7) is 10.5. The number of hydrogen-bond donors (Lipinski definition) is 0. The maximum atomic E-state index is 12.1. The molecule has 0 aliphatic carbocycles.